The lowest BCUT2D eigenvalue weighted by Crippen LogP contribution is -2.36. The van der Waals surface area contributed by atoms with E-state index in [9.17, 15) is 19.8 Å². The summed E-state index contributed by atoms with van der Waals surface area (Å²) in [6.07, 6.45) is 0.146. The molecule has 3 rings (SSSR count). The number of anilines is 1. The number of nitrogens with two attached hydrogens (primary N) is 1. The van der Waals surface area contributed by atoms with Gasteiger partial charge in [-0.2, -0.15) is 0 Å². The minimum atomic E-state index is -1.29. The van der Waals surface area contributed by atoms with Gasteiger partial charge in [-0.25, -0.2) is 4.98 Å². The van der Waals surface area contributed by atoms with Crippen LogP contribution >= 0.6 is 22.9 Å². The second-order valence-corrected chi connectivity index (χ2v) is 7.71. The molecule has 140 valence electrons. The highest BCUT2D eigenvalue weighted by atomic mass is 35.5. The number of halogens is 1. The third kappa shape index (κ3) is 3.82. The van der Waals surface area contributed by atoms with Gasteiger partial charge in [0.2, 0.25) is 0 Å². The monoisotopic (exact) mass is 407 g/mol. The van der Waals surface area contributed by atoms with Crippen molar-refractivity contribution >= 4 is 52.5 Å². The number of rotatable bonds is 5. The van der Waals surface area contributed by atoms with Crippen LogP contribution in [0.3, 0.4) is 0 Å². The average Bonchev–Trinajstić information content (AvgIpc) is 2.93. The summed E-state index contributed by atoms with van der Waals surface area (Å²) in [5.41, 5.74) is 6.31. The number of Topliss-reactive ketones (excluding diaryl/α,β-unsaturated/α-hetero) is 2. The molecule has 0 spiro atoms. The van der Waals surface area contributed by atoms with E-state index < -0.39 is 18.7 Å². The van der Waals surface area contributed by atoms with Crippen LogP contribution in [-0.2, 0) is 11.2 Å². The number of para-hydroxylation sites is 1. The summed E-state index contributed by atoms with van der Waals surface area (Å²) in [6.45, 7) is 1.41. The van der Waals surface area contributed by atoms with Crippen molar-refractivity contribution < 1.29 is 24.5 Å². The van der Waals surface area contributed by atoms with Crippen LogP contribution in [0, 0.1) is 0 Å². The summed E-state index contributed by atoms with van der Waals surface area (Å²) in [6, 6.07) is 5.10. The van der Waals surface area contributed by atoms with E-state index in [-0.39, 0.29) is 33.1 Å². The minimum absolute atomic E-state index is 0.00264. The zero-order valence-corrected chi connectivity index (χ0v) is 15.8. The number of carbonyl (C=O) groups is 2. The molecule has 0 amide bonds. The normalized spacial score (nSPS) is 16.6. The van der Waals surface area contributed by atoms with Crippen LogP contribution in [0.2, 0.25) is 10.2 Å². The highest BCUT2D eigenvalue weighted by Crippen LogP contribution is 2.37. The molecule has 0 saturated carbocycles. The lowest BCUT2D eigenvalue weighted by Gasteiger charge is -2.28. The van der Waals surface area contributed by atoms with E-state index in [1.165, 1.54) is 6.92 Å². The van der Waals surface area contributed by atoms with Crippen molar-refractivity contribution in [2.45, 2.75) is 25.6 Å². The summed E-state index contributed by atoms with van der Waals surface area (Å²) in [4.78, 5) is 28.2. The molecule has 0 aliphatic carbocycles. The molecule has 27 heavy (non-hydrogen) atoms. The van der Waals surface area contributed by atoms with Crippen molar-refractivity contribution in [2.75, 3.05) is 5.73 Å². The van der Waals surface area contributed by atoms with E-state index in [1.807, 2.05) is 0 Å². The van der Waals surface area contributed by atoms with Crippen molar-refractivity contribution in [3.8, 4) is 5.75 Å². The minimum Gasteiger partial charge on any atom is -0.535 e. The Labute approximate surface area is 163 Å². The quantitative estimate of drug-likeness (QED) is 0.227. The number of ketones is 2. The molecule has 0 saturated heterocycles. The predicted molar refractivity (Wildman–Crippen MR) is 102 cm³/mol. The molecule has 2 heterocycles. The summed E-state index contributed by atoms with van der Waals surface area (Å²) in [5, 5.41) is 22.7. The largest absolute Gasteiger partial charge is 0.535 e. The predicted octanol–water partition coefficient (Wildman–Crippen LogP) is 2.20. The number of hydrogen-bond donors (Lipinski definition) is 3. The topological polar surface area (TPSA) is 135 Å². The average molecular weight is 408 g/mol. The Kier molecular flexibility index (Phi) is 5.49. The zero-order valence-electron chi connectivity index (χ0n) is 14.2. The van der Waals surface area contributed by atoms with Gasteiger partial charge < -0.3 is 20.6 Å². The van der Waals surface area contributed by atoms with Gasteiger partial charge in [0.1, 0.15) is 15.8 Å². The lowest BCUT2D eigenvalue weighted by atomic mass is 9.64. The number of aromatic nitrogens is 1. The third-order valence-corrected chi connectivity index (χ3v) is 5.32. The molecule has 2 aromatic rings. The second-order valence-electron chi connectivity index (χ2n) is 6.07. The van der Waals surface area contributed by atoms with Crippen molar-refractivity contribution in [3.05, 3.63) is 39.4 Å². The molecule has 0 bridgehead atoms. The first-order chi connectivity index (χ1) is 12.8. The number of benzene rings is 1. The maximum atomic E-state index is 12.6. The van der Waals surface area contributed by atoms with Crippen LogP contribution in [0.4, 0.5) is 5.13 Å². The number of nitrogen functional groups attached to an aromatic ring is 1. The van der Waals surface area contributed by atoms with E-state index >= 15 is 0 Å². The van der Waals surface area contributed by atoms with Crippen LogP contribution < -0.4 is 10.4 Å². The Morgan fingerprint density at radius 3 is 2.85 bits per heavy atom. The van der Waals surface area contributed by atoms with Crippen molar-refractivity contribution in [3.63, 3.8) is 0 Å². The van der Waals surface area contributed by atoms with Gasteiger partial charge in [-0.1, -0.05) is 40.2 Å². The molecule has 0 fully saturated rings. The van der Waals surface area contributed by atoms with Gasteiger partial charge in [0, 0.05) is 12.2 Å². The van der Waals surface area contributed by atoms with Gasteiger partial charge >= 0.3 is 7.12 Å². The van der Waals surface area contributed by atoms with Crippen molar-refractivity contribution in [1.82, 2.24) is 4.98 Å². The van der Waals surface area contributed by atoms with Crippen LogP contribution in [0.1, 0.15) is 35.0 Å². The maximum absolute atomic E-state index is 12.6. The molecule has 0 unspecified atom stereocenters. The SMILES string of the molecule is CC(=O)c1cccc2c1OB(O)[C@@H](CC(=O)/C(=N\O)c1nc(N)sc1Cl)C2. The molecule has 1 aromatic heterocycles. The lowest BCUT2D eigenvalue weighted by molar-refractivity contribution is -0.113. The van der Waals surface area contributed by atoms with Gasteiger partial charge in [0.25, 0.3) is 0 Å². The van der Waals surface area contributed by atoms with Crippen LogP contribution in [-0.4, -0.2) is 39.6 Å². The number of nitrogens with zero attached hydrogens (tertiary/aromatic N) is 2. The number of thiazole rings is 1. The molecule has 8 nitrogen and oxygen atoms in total. The number of carbonyl (C=O) groups excluding carboxylic acids is 2. The maximum Gasteiger partial charge on any atom is 0.526 e. The second kappa shape index (κ2) is 7.67. The van der Waals surface area contributed by atoms with Crippen LogP contribution in [0.5, 0.6) is 5.75 Å². The van der Waals surface area contributed by atoms with E-state index in [0.717, 1.165) is 11.3 Å². The highest BCUT2D eigenvalue weighted by molar-refractivity contribution is 7.19. The van der Waals surface area contributed by atoms with E-state index in [0.29, 0.717) is 23.3 Å². The Morgan fingerprint density at radius 2 is 2.26 bits per heavy atom. The first kappa shape index (κ1) is 19.3. The standard InChI is InChI=1S/C16H15BClN3O5S/c1-7(22)10-4-2-3-8-5-9(17(24)26-14(8)10)6-11(23)12(21-25)13-15(18)27-16(19)20-13/h2-4,9,24-25H,5-6H2,1H3,(H2,19,20)/b21-12+/t9-/m1/s1. The fraction of sp³-hybridized carbons (Fsp3) is 0.250. The van der Waals surface area contributed by atoms with Crippen molar-refractivity contribution in [2.24, 2.45) is 5.16 Å². The molecular weight excluding hydrogens is 393 g/mol. The van der Waals surface area contributed by atoms with E-state index in [4.69, 9.17) is 22.0 Å². The Morgan fingerprint density at radius 1 is 1.52 bits per heavy atom. The van der Waals surface area contributed by atoms with Crippen LogP contribution in [0.15, 0.2) is 23.4 Å². The van der Waals surface area contributed by atoms with E-state index in [1.54, 1.807) is 18.2 Å². The number of fused-ring (bicyclic) bond motifs is 1. The van der Waals surface area contributed by atoms with Gasteiger partial charge in [-0.3, -0.25) is 9.59 Å². The van der Waals surface area contributed by atoms with Gasteiger partial charge in [-0.05, 0) is 25.0 Å². The van der Waals surface area contributed by atoms with Gasteiger partial charge in [0.05, 0.1) is 5.56 Å². The molecular formula is C16H15BClN3O5S. The van der Waals surface area contributed by atoms with Gasteiger partial charge in [0.15, 0.2) is 22.4 Å². The third-order valence-electron chi connectivity index (χ3n) is 4.24. The summed E-state index contributed by atoms with van der Waals surface area (Å²) >= 11 is 6.93. The molecule has 1 aliphatic heterocycles. The summed E-state index contributed by atoms with van der Waals surface area (Å²) < 4.78 is 5.64. The molecule has 0 radical (unpaired) electrons. The Balaban J connectivity index is 1.82. The molecule has 4 N–H and O–H groups in total. The van der Waals surface area contributed by atoms with E-state index in [2.05, 4.69) is 10.1 Å². The molecule has 1 aromatic carbocycles. The Hall–Kier alpha value is -2.43. The molecule has 1 aliphatic rings. The fourth-order valence-corrected chi connectivity index (χ4v) is 3.90. The molecule has 1 atom stereocenters. The number of hydrogen-bond acceptors (Lipinski definition) is 9. The highest BCUT2D eigenvalue weighted by Gasteiger charge is 2.38. The van der Waals surface area contributed by atoms with Crippen LogP contribution in [0.25, 0.3) is 0 Å². The first-order valence-corrected chi connectivity index (χ1v) is 9.16. The smallest absolute Gasteiger partial charge is 0.526 e. The van der Waals surface area contributed by atoms with Gasteiger partial charge in [-0.15, -0.1) is 0 Å². The zero-order chi connectivity index (χ0) is 19.7. The fourth-order valence-electron chi connectivity index (χ4n) is 2.97. The summed E-state index contributed by atoms with van der Waals surface area (Å²) in [7, 11) is -1.29. The molecule has 11 heteroatoms. The summed E-state index contributed by atoms with van der Waals surface area (Å²) in [5.74, 6) is -1.02. The number of oxime groups is 1. The first-order valence-electron chi connectivity index (χ1n) is 7.96. The van der Waals surface area contributed by atoms with Crippen molar-refractivity contribution in [1.29, 1.82) is 0 Å². The Bertz CT molecular complexity index is 948.